The minimum atomic E-state index is -0.484. The van der Waals surface area contributed by atoms with Crippen LogP contribution in [0, 0.1) is 10.1 Å². The zero-order valence-corrected chi connectivity index (χ0v) is 16.1. The van der Waals surface area contributed by atoms with Gasteiger partial charge in [0, 0.05) is 17.2 Å². The summed E-state index contributed by atoms with van der Waals surface area (Å²) in [4.78, 5) is 22.7. The number of nitrogens with zero attached hydrogens (tertiary/aromatic N) is 1. The molecule has 0 heterocycles. The normalized spacial score (nSPS) is 10.7. The number of benzene rings is 3. The highest BCUT2D eigenvalue weighted by molar-refractivity contribution is 6.07. The maximum absolute atomic E-state index is 12.3. The van der Waals surface area contributed by atoms with E-state index in [2.05, 4.69) is 0 Å². The van der Waals surface area contributed by atoms with Gasteiger partial charge in [0.25, 0.3) is 5.69 Å². The van der Waals surface area contributed by atoms with E-state index in [4.69, 9.17) is 9.47 Å². The van der Waals surface area contributed by atoms with Gasteiger partial charge in [-0.3, -0.25) is 14.9 Å². The predicted molar refractivity (Wildman–Crippen MR) is 112 cm³/mol. The fourth-order valence-corrected chi connectivity index (χ4v) is 2.79. The molecule has 0 amide bonds. The highest BCUT2D eigenvalue weighted by Gasteiger charge is 2.09. The Kier molecular flexibility index (Phi) is 6.44. The first-order valence-corrected chi connectivity index (χ1v) is 9.02. The zero-order chi connectivity index (χ0) is 21.5. The first-order chi connectivity index (χ1) is 14.5. The van der Waals surface area contributed by atoms with E-state index in [0.29, 0.717) is 17.1 Å². The van der Waals surface area contributed by atoms with Crippen LogP contribution in [-0.2, 0) is 6.61 Å². The molecule has 0 unspecified atom stereocenters. The molecule has 3 aromatic carbocycles. The van der Waals surface area contributed by atoms with Crippen LogP contribution in [0.5, 0.6) is 17.2 Å². The van der Waals surface area contributed by atoms with Gasteiger partial charge in [0.2, 0.25) is 0 Å². The van der Waals surface area contributed by atoms with Crippen molar-refractivity contribution in [1.82, 2.24) is 0 Å². The molecular formula is C23H19NO6. The number of hydrogen-bond acceptors (Lipinski definition) is 6. The Bertz CT molecular complexity index is 1110. The monoisotopic (exact) mass is 405 g/mol. The molecule has 0 aliphatic rings. The van der Waals surface area contributed by atoms with Crippen molar-refractivity contribution in [2.24, 2.45) is 0 Å². The molecule has 3 rings (SSSR count). The Balaban J connectivity index is 1.75. The summed E-state index contributed by atoms with van der Waals surface area (Å²) in [6, 6.07) is 17.4. The van der Waals surface area contributed by atoms with Crippen molar-refractivity contribution < 1.29 is 24.3 Å². The second-order valence-electron chi connectivity index (χ2n) is 6.36. The molecular weight excluding hydrogens is 386 g/mol. The van der Waals surface area contributed by atoms with Gasteiger partial charge in [0.15, 0.2) is 5.78 Å². The van der Waals surface area contributed by atoms with Crippen molar-refractivity contribution in [1.29, 1.82) is 0 Å². The molecule has 0 fully saturated rings. The van der Waals surface area contributed by atoms with E-state index in [1.165, 1.54) is 37.5 Å². The third kappa shape index (κ3) is 5.23. The van der Waals surface area contributed by atoms with Crippen LogP contribution in [0.1, 0.15) is 21.5 Å². The average molecular weight is 405 g/mol. The number of allylic oxidation sites excluding steroid dienone is 1. The Morgan fingerprint density at radius 2 is 1.90 bits per heavy atom. The smallest absolute Gasteiger partial charge is 0.273 e. The number of non-ortho nitro benzene ring substituents is 1. The third-order valence-corrected chi connectivity index (χ3v) is 4.29. The number of hydrogen-bond donors (Lipinski definition) is 1. The van der Waals surface area contributed by atoms with E-state index in [0.717, 1.165) is 11.1 Å². The zero-order valence-electron chi connectivity index (χ0n) is 16.1. The Morgan fingerprint density at radius 3 is 2.63 bits per heavy atom. The molecule has 0 saturated heterocycles. The van der Waals surface area contributed by atoms with Crippen molar-refractivity contribution in [3.05, 3.63) is 99.6 Å². The van der Waals surface area contributed by atoms with Gasteiger partial charge >= 0.3 is 0 Å². The molecule has 152 valence electrons. The van der Waals surface area contributed by atoms with Crippen LogP contribution in [-0.4, -0.2) is 22.9 Å². The number of phenolic OH excluding ortho intramolecular Hbond substituents is 1. The Labute approximate surface area is 173 Å². The molecule has 0 spiro atoms. The third-order valence-electron chi connectivity index (χ3n) is 4.29. The Hall–Kier alpha value is -4.13. The van der Waals surface area contributed by atoms with Crippen molar-refractivity contribution in [2.75, 3.05) is 7.11 Å². The maximum atomic E-state index is 12.3. The van der Waals surface area contributed by atoms with E-state index in [1.54, 1.807) is 42.5 Å². The number of ketones is 1. The van der Waals surface area contributed by atoms with E-state index in [9.17, 15) is 20.0 Å². The van der Waals surface area contributed by atoms with Crippen LogP contribution < -0.4 is 9.47 Å². The fraction of sp³-hybridized carbons (Fsp3) is 0.0870. The summed E-state index contributed by atoms with van der Waals surface area (Å²) < 4.78 is 11.0. The van der Waals surface area contributed by atoms with Crippen molar-refractivity contribution in [3.8, 4) is 17.2 Å². The first kappa shape index (κ1) is 20.6. The number of phenols is 1. The molecule has 1 N–H and O–H groups in total. The van der Waals surface area contributed by atoms with Gasteiger partial charge < -0.3 is 14.6 Å². The molecule has 0 aliphatic carbocycles. The number of carbonyl (C=O) groups is 1. The van der Waals surface area contributed by atoms with Gasteiger partial charge in [-0.25, -0.2) is 0 Å². The highest BCUT2D eigenvalue weighted by Crippen LogP contribution is 2.25. The summed E-state index contributed by atoms with van der Waals surface area (Å²) >= 11 is 0. The van der Waals surface area contributed by atoms with Gasteiger partial charge in [0.05, 0.1) is 18.1 Å². The van der Waals surface area contributed by atoms with Crippen molar-refractivity contribution in [2.45, 2.75) is 6.61 Å². The van der Waals surface area contributed by atoms with E-state index in [1.807, 2.05) is 6.07 Å². The van der Waals surface area contributed by atoms with E-state index >= 15 is 0 Å². The van der Waals surface area contributed by atoms with Crippen LogP contribution in [0.4, 0.5) is 5.69 Å². The van der Waals surface area contributed by atoms with Gasteiger partial charge in [-0.1, -0.05) is 30.3 Å². The van der Waals surface area contributed by atoms with Gasteiger partial charge in [-0.2, -0.15) is 0 Å². The van der Waals surface area contributed by atoms with Gasteiger partial charge in [-0.15, -0.1) is 0 Å². The molecule has 0 saturated carbocycles. The number of nitro groups is 1. The summed E-state index contributed by atoms with van der Waals surface area (Å²) in [6.45, 7) is 0.131. The molecule has 3 aromatic rings. The second-order valence-corrected chi connectivity index (χ2v) is 6.36. The lowest BCUT2D eigenvalue weighted by molar-refractivity contribution is -0.384. The molecule has 0 aliphatic heterocycles. The molecule has 0 atom stereocenters. The van der Waals surface area contributed by atoms with E-state index < -0.39 is 4.92 Å². The summed E-state index contributed by atoms with van der Waals surface area (Å²) in [5.74, 6) is 0.749. The summed E-state index contributed by atoms with van der Waals surface area (Å²) in [5, 5.41) is 20.4. The highest BCUT2D eigenvalue weighted by atomic mass is 16.6. The standard InChI is InChI=1S/C23H19NO6/c1-29-23-11-9-16(8-10-22(26)17-4-2-6-20(25)13-17)12-18(23)15-30-21-7-3-5-19(14-21)24(27)28/h2-14,25H,15H2,1H3/b10-8+. The molecule has 0 radical (unpaired) electrons. The Morgan fingerprint density at radius 1 is 1.10 bits per heavy atom. The number of methoxy groups -OCH3 is 1. The SMILES string of the molecule is COc1ccc(/C=C/C(=O)c2cccc(O)c2)cc1COc1cccc([N+](=O)[O-])c1. The number of carbonyl (C=O) groups excluding carboxylic acids is 1. The lowest BCUT2D eigenvalue weighted by Gasteiger charge is -2.11. The van der Waals surface area contributed by atoms with Crippen LogP contribution in [0.3, 0.4) is 0 Å². The van der Waals surface area contributed by atoms with Crippen molar-refractivity contribution >= 4 is 17.5 Å². The number of rotatable bonds is 8. The van der Waals surface area contributed by atoms with Crippen LogP contribution in [0.15, 0.2) is 72.8 Å². The largest absolute Gasteiger partial charge is 0.508 e. The van der Waals surface area contributed by atoms with Crippen LogP contribution >= 0.6 is 0 Å². The molecule has 30 heavy (non-hydrogen) atoms. The fourth-order valence-electron chi connectivity index (χ4n) is 2.79. The summed E-state index contributed by atoms with van der Waals surface area (Å²) in [6.07, 6.45) is 3.07. The average Bonchev–Trinajstić information content (AvgIpc) is 2.76. The summed E-state index contributed by atoms with van der Waals surface area (Å²) in [7, 11) is 1.53. The lowest BCUT2D eigenvalue weighted by Crippen LogP contribution is -2.00. The molecule has 0 bridgehead atoms. The molecule has 7 heteroatoms. The first-order valence-electron chi connectivity index (χ1n) is 9.02. The quantitative estimate of drug-likeness (QED) is 0.250. The van der Waals surface area contributed by atoms with Crippen LogP contribution in [0.25, 0.3) is 6.08 Å². The lowest BCUT2D eigenvalue weighted by atomic mass is 10.1. The minimum absolute atomic E-state index is 0.0271. The van der Waals surface area contributed by atoms with Crippen LogP contribution in [0.2, 0.25) is 0 Å². The molecule has 7 nitrogen and oxygen atoms in total. The van der Waals surface area contributed by atoms with Gasteiger partial charge in [-0.05, 0) is 42.0 Å². The summed E-state index contributed by atoms with van der Waals surface area (Å²) in [5.41, 5.74) is 1.80. The van der Waals surface area contributed by atoms with Gasteiger partial charge in [0.1, 0.15) is 23.9 Å². The maximum Gasteiger partial charge on any atom is 0.273 e. The number of ether oxygens (including phenoxy) is 2. The number of nitro benzene ring substituents is 1. The molecule has 0 aromatic heterocycles. The topological polar surface area (TPSA) is 98.9 Å². The minimum Gasteiger partial charge on any atom is -0.508 e. The van der Waals surface area contributed by atoms with Crippen molar-refractivity contribution in [3.63, 3.8) is 0 Å². The van der Waals surface area contributed by atoms with E-state index in [-0.39, 0.29) is 23.8 Å². The predicted octanol–water partition coefficient (Wildman–Crippen LogP) is 4.78. The second kappa shape index (κ2) is 9.38. The number of aromatic hydroxyl groups is 1.